The largest absolute Gasteiger partial charge is 0.305 e. The monoisotopic (exact) mass is 244 g/mol. The Morgan fingerprint density at radius 1 is 1.50 bits per heavy atom. The minimum atomic E-state index is -0.298. The number of pyridine rings is 1. The molecular formula is C15H20N2O. The fourth-order valence-corrected chi connectivity index (χ4v) is 2.67. The van der Waals surface area contributed by atoms with Gasteiger partial charge >= 0.3 is 0 Å². The zero-order valence-corrected chi connectivity index (χ0v) is 11.1. The van der Waals surface area contributed by atoms with E-state index in [1.807, 2.05) is 12.1 Å². The van der Waals surface area contributed by atoms with Gasteiger partial charge in [0.1, 0.15) is 5.78 Å². The Hall–Kier alpha value is -1.48. The van der Waals surface area contributed by atoms with E-state index >= 15 is 0 Å². The number of likely N-dealkylation sites (tertiary alicyclic amines) is 1. The lowest BCUT2D eigenvalue weighted by Gasteiger charge is -2.37. The van der Waals surface area contributed by atoms with Crippen molar-refractivity contribution in [3.8, 4) is 0 Å². The van der Waals surface area contributed by atoms with Crippen molar-refractivity contribution in [2.24, 2.45) is 5.41 Å². The van der Waals surface area contributed by atoms with Crippen LogP contribution in [0.2, 0.25) is 0 Å². The number of piperidine rings is 1. The Balaban J connectivity index is 2.12. The van der Waals surface area contributed by atoms with Crippen molar-refractivity contribution in [3.63, 3.8) is 0 Å². The fourth-order valence-electron chi connectivity index (χ4n) is 2.67. The molecule has 0 bridgehead atoms. The van der Waals surface area contributed by atoms with Gasteiger partial charge in [0, 0.05) is 37.3 Å². The van der Waals surface area contributed by atoms with E-state index in [1.54, 1.807) is 12.4 Å². The van der Waals surface area contributed by atoms with Crippen LogP contribution >= 0.6 is 0 Å². The molecule has 96 valence electrons. The normalized spacial score (nSPS) is 25.1. The number of carbonyl (C=O) groups is 1. The molecule has 0 aromatic carbocycles. The predicted molar refractivity (Wildman–Crippen MR) is 73.1 cm³/mol. The Morgan fingerprint density at radius 3 is 2.83 bits per heavy atom. The number of carbonyl (C=O) groups excluding carboxylic acids is 1. The third-order valence-corrected chi connectivity index (χ3v) is 3.70. The SMILES string of the molecule is C=C(CC1(C)CN(C)CCC1=O)c1ccncc1. The van der Waals surface area contributed by atoms with Crippen LogP contribution in [0.4, 0.5) is 0 Å². The van der Waals surface area contributed by atoms with E-state index in [1.165, 1.54) is 0 Å². The van der Waals surface area contributed by atoms with Crippen molar-refractivity contribution in [2.45, 2.75) is 19.8 Å². The number of rotatable bonds is 3. The van der Waals surface area contributed by atoms with E-state index in [0.29, 0.717) is 12.2 Å². The minimum Gasteiger partial charge on any atom is -0.305 e. The number of Topliss-reactive ketones (excluding diaryl/α,β-unsaturated/α-hetero) is 1. The Kier molecular flexibility index (Phi) is 3.62. The summed E-state index contributed by atoms with van der Waals surface area (Å²) in [6.07, 6.45) is 4.89. The van der Waals surface area contributed by atoms with Crippen LogP contribution in [0.1, 0.15) is 25.3 Å². The third-order valence-electron chi connectivity index (χ3n) is 3.70. The summed E-state index contributed by atoms with van der Waals surface area (Å²) in [5.74, 6) is 0.357. The molecular weight excluding hydrogens is 224 g/mol. The molecule has 0 amide bonds. The summed E-state index contributed by atoms with van der Waals surface area (Å²) in [7, 11) is 2.07. The molecule has 1 saturated heterocycles. The highest BCUT2D eigenvalue weighted by atomic mass is 16.1. The predicted octanol–water partition coefficient (Wildman–Crippen LogP) is 2.40. The fraction of sp³-hybridized carbons (Fsp3) is 0.467. The maximum atomic E-state index is 12.1. The van der Waals surface area contributed by atoms with Crippen molar-refractivity contribution in [1.29, 1.82) is 0 Å². The van der Waals surface area contributed by atoms with E-state index in [2.05, 4.69) is 30.4 Å². The van der Waals surface area contributed by atoms with Crippen LogP contribution in [-0.2, 0) is 4.79 Å². The molecule has 0 aliphatic carbocycles. The topological polar surface area (TPSA) is 33.2 Å². The number of allylic oxidation sites excluding steroid dienone is 1. The molecule has 3 nitrogen and oxygen atoms in total. The first kappa shape index (κ1) is 13.0. The summed E-state index contributed by atoms with van der Waals surface area (Å²) in [4.78, 5) is 18.4. The standard InChI is InChI=1S/C15H20N2O/c1-12(13-4-7-16-8-5-13)10-15(2)11-17(3)9-6-14(15)18/h4-5,7-8H,1,6,9-11H2,2-3H3. The molecule has 1 aromatic rings. The third kappa shape index (κ3) is 2.67. The van der Waals surface area contributed by atoms with Crippen LogP contribution in [0.5, 0.6) is 0 Å². The van der Waals surface area contributed by atoms with Gasteiger partial charge in [-0.15, -0.1) is 0 Å². The molecule has 1 atom stereocenters. The summed E-state index contributed by atoms with van der Waals surface area (Å²) in [5, 5.41) is 0. The van der Waals surface area contributed by atoms with Gasteiger partial charge in [-0.05, 0) is 36.7 Å². The van der Waals surface area contributed by atoms with Crippen molar-refractivity contribution in [2.75, 3.05) is 20.1 Å². The molecule has 3 heteroatoms. The second-order valence-electron chi connectivity index (χ2n) is 5.49. The molecule has 1 aromatic heterocycles. The molecule has 0 N–H and O–H groups in total. The number of aromatic nitrogens is 1. The molecule has 1 unspecified atom stereocenters. The van der Waals surface area contributed by atoms with Gasteiger partial charge in [-0.25, -0.2) is 0 Å². The van der Waals surface area contributed by atoms with Gasteiger partial charge in [0.15, 0.2) is 0 Å². The van der Waals surface area contributed by atoms with Crippen LogP contribution in [0, 0.1) is 5.41 Å². The summed E-state index contributed by atoms with van der Waals surface area (Å²) >= 11 is 0. The zero-order chi connectivity index (χ0) is 13.2. The van der Waals surface area contributed by atoms with E-state index < -0.39 is 0 Å². The smallest absolute Gasteiger partial charge is 0.141 e. The zero-order valence-electron chi connectivity index (χ0n) is 11.1. The molecule has 1 aliphatic rings. The average molecular weight is 244 g/mol. The minimum absolute atomic E-state index is 0.298. The molecule has 0 radical (unpaired) electrons. The van der Waals surface area contributed by atoms with Gasteiger partial charge < -0.3 is 4.90 Å². The maximum absolute atomic E-state index is 12.1. The van der Waals surface area contributed by atoms with Crippen molar-refractivity contribution in [1.82, 2.24) is 9.88 Å². The Morgan fingerprint density at radius 2 is 2.17 bits per heavy atom. The highest BCUT2D eigenvalue weighted by Gasteiger charge is 2.37. The highest BCUT2D eigenvalue weighted by molar-refractivity contribution is 5.87. The number of nitrogens with zero attached hydrogens (tertiary/aromatic N) is 2. The quantitative estimate of drug-likeness (QED) is 0.818. The van der Waals surface area contributed by atoms with Gasteiger partial charge in [-0.2, -0.15) is 0 Å². The molecule has 2 rings (SSSR count). The number of ketones is 1. The lowest BCUT2D eigenvalue weighted by atomic mass is 9.75. The Bertz CT molecular complexity index is 455. The van der Waals surface area contributed by atoms with Gasteiger partial charge in [0.25, 0.3) is 0 Å². The molecule has 2 heterocycles. The molecule has 1 fully saturated rings. The lowest BCUT2D eigenvalue weighted by Crippen LogP contribution is -2.46. The average Bonchev–Trinajstić information content (AvgIpc) is 2.35. The molecule has 18 heavy (non-hydrogen) atoms. The first-order chi connectivity index (χ1) is 8.51. The van der Waals surface area contributed by atoms with Crippen LogP contribution in [0.15, 0.2) is 31.1 Å². The Labute approximate surface area is 109 Å². The highest BCUT2D eigenvalue weighted by Crippen LogP contribution is 2.34. The van der Waals surface area contributed by atoms with Crippen LogP contribution in [0.25, 0.3) is 5.57 Å². The molecule has 0 saturated carbocycles. The van der Waals surface area contributed by atoms with Gasteiger partial charge in [-0.1, -0.05) is 13.5 Å². The van der Waals surface area contributed by atoms with Crippen LogP contribution in [-0.4, -0.2) is 35.8 Å². The summed E-state index contributed by atoms with van der Waals surface area (Å²) in [6.45, 7) is 7.86. The summed E-state index contributed by atoms with van der Waals surface area (Å²) in [6, 6.07) is 3.89. The van der Waals surface area contributed by atoms with E-state index in [-0.39, 0.29) is 5.41 Å². The number of hydrogen-bond acceptors (Lipinski definition) is 3. The summed E-state index contributed by atoms with van der Waals surface area (Å²) in [5.41, 5.74) is 1.80. The van der Waals surface area contributed by atoms with Crippen molar-refractivity contribution < 1.29 is 4.79 Å². The number of hydrogen-bond donors (Lipinski definition) is 0. The maximum Gasteiger partial charge on any atom is 0.141 e. The lowest BCUT2D eigenvalue weighted by molar-refractivity contribution is -0.131. The first-order valence-electron chi connectivity index (χ1n) is 6.31. The van der Waals surface area contributed by atoms with E-state index in [4.69, 9.17) is 0 Å². The van der Waals surface area contributed by atoms with E-state index in [9.17, 15) is 4.79 Å². The second-order valence-corrected chi connectivity index (χ2v) is 5.49. The first-order valence-corrected chi connectivity index (χ1v) is 6.31. The summed E-state index contributed by atoms with van der Waals surface area (Å²) < 4.78 is 0. The van der Waals surface area contributed by atoms with Gasteiger partial charge in [-0.3, -0.25) is 9.78 Å². The van der Waals surface area contributed by atoms with Crippen molar-refractivity contribution in [3.05, 3.63) is 36.7 Å². The van der Waals surface area contributed by atoms with Crippen molar-refractivity contribution >= 4 is 11.4 Å². The second kappa shape index (κ2) is 5.02. The van der Waals surface area contributed by atoms with E-state index in [0.717, 1.165) is 30.6 Å². The van der Waals surface area contributed by atoms with Crippen LogP contribution < -0.4 is 0 Å². The van der Waals surface area contributed by atoms with Crippen LogP contribution in [0.3, 0.4) is 0 Å². The molecule has 0 spiro atoms. The molecule has 1 aliphatic heterocycles. The van der Waals surface area contributed by atoms with Gasteiger partial charge in [0.05, 0.1) is 0 Å². The van der Waals surface area contributed by atoms with Gasteiger partial charge in [0.2, 0.25) is 0 Å².